The summed E-state index contributed by atoms with van der Waals surface area (Å²) in [6.07, 6.45) is 2.39. The molecule has 3 aliphatic rings. The summed E-state index contributed by atoms with van der Waals surface area (Å²) in [5.41, 5.74) is 0. The fourth-order valence-electron chi connectivity index (χ4n) is 3.40. The topological polar surface area (TPSA) is 57.3 Å². The van der Waals surface area contributed by atoms with Gasteiger partial charge in [0.15, 0.2) is 0 Å². The van der Waals surface area contributed by atoms with Crippen LogP contribution in [0.3, 0.4) is 0 Å². The third-order valence-corrected chi connectivity index (χ3v) is 5.00. The minimum absolute atomic E-state index is 0.0633. The Balaban J connectivity index is 1.29. The van der Waals surface area contributed by atoms with Crippen molar-refractivity contribution in [2.24, 2.45) is 0 Å². The smallest absolute Gasteiger partial charge is 0.317 e. The summed E-state index contributed by atoms with van der Waals surface area (Å²) < 4.78 is 10.9. The molecule has 0 bridgehead atoms. The number of morpholine rings is 1. The van der Waals surface area contributed by atoms with E-state index < -0.39 is 0 Å². The zero-order valence-electron chi connectivity index (χ0n) is 14.0. The van der Waals surface area contributed by atoms with Crippen molar-refractivity contribution in [3.8, 4) is 0 Å². The molecule has 0 aliphatic carbocycles. The fourth-order valence-corrected chi connectivity index (χ4v) is 3.40. The number of rotatable bonds is 5. The van der Waals surface area contributed by atoms with E-state index in [-0.39, 0.29) is 12.1 Å². The van der Waals surface area contributed by atoms with Crippen LogP contribution in [0.25, 0.3) is 0 Å². The van der Waals surface area contributed by atoms with Gasteiger partial charge in [0.05, 0.1) is 19.3 Å². The number of nitrogens with one attached hydrogen (secondary N) is 1. The number of nitrogens with zero attached hydrogens (tertiary/aromatic N) is 3. The Kier molecular flexibility index (Phi) is 6.50. The van der Waals surface area contributed by atoms with E-state index in [1.807, 2.05) is 4.90 Å². The van der Waals surface area contributed by atoms with Crippen molar-refractivity contribution in [1.82, 2.24) is 20.0 Å². The van der Waals surface area contributed by atoms with Crippen LogP contribution in [0, 0.1) is 0 Å². The van der Waals surface area contributed by atoms with Gasteiger partial charge in [-0.2, -0.15) is 0 Å². The molecule has 3 rings (SSSR count). The molecule has 1 N–H and O–H groups in total. The predicted molar refractivity (Wildman–Crippen MR) is 87.6 cm³/mol. The molecule has 0 aromatic carbocycles. The van der Waals surface area contributed by atoms with Crippen molar-refractivity contribution in [2.75, 3.05) is 78.7 Å². The first-order valence-corrected chi connectivity index (χ1v) is 8.98. The Hall–Kier alpha value is -0.890. The van der Waals surface area contributed by atoms with Gasteiger partial charge < -0.3 is 19.7 Å². The van der Waals surface area contributed by atoms with Crippen LogP contribution in [0.15, 0.2) is 0 Å². The predicted octanol–water partition coefficient (Wildman–Crippen LogP) is -0.175. The molecule has 0 aromatic heterocycles. The van der Waals surface area contributed by atoms with Gasteiger partial charge in [0, 0.05) is 65.5 Å². The van der Waals surface area contributed by atoms with Gasteiger partial charge in [-0.1, -0.05) is 0 Å². The van der Waals surface area contributed by atoms with Crippen molar-refractivity contribution in [1.29, 1.82) is 0 Å². The standard InChI is InChI=1S/C16H30N4O3/c21-16(17-14-15-2-1-11-23-15)20-7-5-18(6-8-20)3-4-19-9-12-22-13-10-19/h15H,1-14H2,(H,17,21). The molecule has 0 radical (unpaired) electrons. The molecule has 3 fully saturated rings. The van der Waals surface area contributed by atoms with E-state index in [1.54, 1.807) is 0 Å². The minimum atomic E-state index is 0.0633. The van der Waals surface area contributed by atoms with E-state index in [0.717, 1.165) is 85.0 Å². The molecule has 0 saturated carbocycles. The summed E-state index contributed by atoms with van der Waals surface area (Å²) in [6.45, 7) is 11.1. The van der Waals surface area contributed by atoms with Crippen LogP contribution in [-0.2, 0) is 9.47 Å². The van der Waals surface area contributed by atoms with Crippen LogP contribution < -0.4 is 5.32 Å². The lowest BCUT2D eigenvalue weighted by Crippen LogP contribution is -2.53. The summed E-state index contributed by atoms with van der Waals surface area (Å²) in [4.78, 5) is 19.0. The van der Waals surface area contributed by atoms with Crippen LogP contribution in [-0.4, -0.2) is 106 Å². The molecule has 132 valence electrons. The summed E-state index contributed by atoms with van der Waals surface area (Å²) in [6, 6.07) is 0.0633. The molecule has 3 heterocycles. The van der Waals surface area contributed by atoms with Gasteiger partial charge in [0.25, 0.3) is 0 Å². The number of urea groups is 1. The highest BCUT2D eigenvalue weighted by molar-refractivity contribution is 5.74. The monoisotopic (exact) mass is 326 g/mol. The second-order valence-corrected chi connectivity index (χ2v) is 6.60. The van der Waals surface area contributed by atoms with Crippen molar-refractivity contribution in [3.63, 3.8) is 0 Å². The summed E-state index contributed by atoms with van der Waals surface area (Å²) >= 11 is 0. The molecule has 1 unspecified atom stereocenters. The van der Waals surface area contributed by atoms with E-state index in [4.69, 9.17) is 9.47 Å². The quantitative estimate of drug-likeness (QED) is 0.760. The van der Waals surface area contributed by atoms with Crippen LogP contribution in [0.4, 0.5) is 4.79 Å². The number of hydrogen-bond acceptors (Lipinski definition) is 5. The van der Waals surface area contributed by atoms with E-state index in [2.05, 4.69) is 15.1 Å². The number of carbonyl (C=O) groups excluding carboxylic acids is 1. The third kappa shape index (κ3) is 5.31. The average molecular weight is 326 g/mol. The molecule has 23 heavy (non-hydrogen) atoms. The van der Waals surface area contributed by atoms with Crippen LogP contribution in [0.1, 0.15) is 12.8 Å². The Bertz CT molecular complexity index is 362. The van der Waals surface area contributed by atoms with Gasteiger partial charge >= 0.3 is 6.03 Å². The van der Waals surface area contributed by atoms with Crippen molar-refractivity contribution in [2.45, 2.75) is 18.9 Å². The molecule has 7 heteroatoms. The Labute approximate surface area is 138 Å². The maximum absolute atomic E-state index is 12.2. The zero-order valence-corrected chi connectivity index (χ0v) is 14.0. The molecule has 1 atom stereocenters. The lowest BCUT2D eigenvalue weighted by Gasteiger charge is -2.36. The Morgan fingerprint density at radius 1 is 0.957 bits per heavy atom. The number of piperazine rings is 1. The lowest BCUT2D eigenvalue weighted by atomic mass is 10.2. The Morgan fingerprint density at radius 2 is 1.65 bits per heavy atom. The number of ether oxygens (including phenoxy) is 2. The highest BCUT2D eigenvalue weighted by atomic mass is 16.5. The minimum Gasteiger partial charge on any atom is -0.379 e. The van der Waals surface area contributed by atoms with Gasteiger partial charge in [-0.15, -0.1) is 0 Å². The molecular weight excluding hydrogens is 296 g/mol. The molecule has 7 nitrogen and oxygen atoms in total. The third-order valence-electron chi connectivity index (χ3n) is 5.00. The highest BCUT2D eigenvalue weighted by Crippen LogP contribution is 2.11. The maximum Gasteiger partial charge on any atom is 0.317 e. The summed E-state index contributed by atoms with van der Waals surface area (Å²) in [7, 11) is 0. The van der Waals surface area contributed by atoms with Gasteiger partial charge in [-0.3, -0.25) is 9.80 Å². The summed E-state index contributed by atoms with van der Waals surface area (Å²) in [5.74, 6) is 0. The lowest BCUT2D eigenvalue weighted by molar-refractivity contribution is 0.0308. The Morgan fingerprint density at radius 3 is 2.30 bits per heavy atom. The first kappa shape index (κ1) is 17.0. The zero-order chi connectivity index (χ0) is 15.9. The largest absolute Gasteiger partial charge is 0.379 e. The van der Waals surface area contributed by atoms with E-state index in [0.29, 0.717) is 6.54 Å². The molecule has 3 aliphatic heterocycles. The molecule has 0 spiro atoms. The van der Waals surface area contributed by atoms with Crippen molar-refractivity contribution in [3.05, 3.63) is 0 Å². The van der Waals surface area contributed by atoms with Crippen LogP contribution >= 0.6 is 0 Å². The first-order valence-electron chi connectivity index (χ1n) is 8.98. The van der Waals surface area contributed by atoms with Crippen LogP contribution in [0.2, 0.25) is 0 Å². The SMILES string of the molecule is O=C(NCC1CCCO1)N1CCN(CCN2CCOCC2)CC1. The second-order valence-electron chi connectivity index (χ2n) is 6.60. The normalized spacial score (nSPS) is 27.3. The van der Waals surface area contributed by atoms with E-state index in [1.165, 1.54) is 0 Å². The summed E-state index contributed by atoms with van der Waals surface area (Å²) in [5, 5.41) is 3.01. The van der Waals surface area contributed by atoms with E-state index >= 15 is 0 Å². The maximum atomic E-state index is 12.2. The van der Waals surface area contributed by atoms with Gasteiger partial charge in [0.2, 0.25) is 0 Å². The average Bonchev–Trinajstić information content (AvgIpc) is 3.13. The molecule has 3 saturated heterocycles. The molecule has 2 amide bonds. The van der Waals surface area contributed by atoms with Crippen LogP contribution in [0.5, 0.6) is 0 Å². The number of hydrogen-bond donors (Lipinski definition) is 1. The van der Waals surface area contributed by atoms with Gasteiger partial charge in [-0.25, -0.2) is 4.79 Å². The number of amides is 2. The number of carbonyl (C=O) groups is 1. The fraction of sp³-hybridized carbons (Fsp3) is 0.938. The second kappa shape index (κ2) is 8.82. The van der Waals surface area contributed by atoms with Crippen molar-refractivity contribution >= 4 is 6.03 Å². The van der Waals surface area contributed by atoms with Gasteiger partial charge in [0.1, 0.15) is 0 Å². The van der Waals surface area contributed by atoms with Gasteiger partial charge in [-0.05, 0) is 12.8 Å². The molecular formula is C16H30N4O3. The van der Waals surface area contributed by atoms with E-state index in [9.17, 15) is 4.79 Å². The highest BCUT2D eigenvalue weighted by Gasteiger charge is 2.23. The molecule has 0 aromatic rings. The van der Waals surface area contributed by atoms with Crippen molar-refractivity contribution < 1.29 is 14.3 Å². The first-order chi connectivity index (χ1) is 11.3.